The first-order chi connectivity index (χ1) is 15.5. The van der Waals surface area contributed by atoms with Crippen LogP contribution in [0.3, 0.4) is 0 Å². The highest BCUT2D eigenvalue weighted by molar-refractivity contribution is 6.30. The van der Waals surface area contributed by atoms with Crippen LogP contribution in [0.15, 0.2) is 78.9 Å². The van der Waals surface area contributed by atoms with Gasteiger partial charge in [0, 0.05) is 24.5 Å². The lowest BCUT2D eigenvalue weighted by molar-refractivity contribution is -0.140. The fraction of sp³-hybridized carbons (Fsp3) is 0.259. The molecule has 3 rings (SSSR count). The Morgan fingerprint density at radius 1 is 0.906 bits per heavy atom. The molecule has 0 aliphatic rings. The highest BCUT2D eigenvalue weighted by Crippen LogP contribution is 2.19. The smallest absolute Gasteiger partial charge is 0.243 e. The summed E-state index contributed by atoms with van der Waals surface area (Å²) in [6, 6.07) is 24.4. The van der Waals surface area contributed by atoms with Gasteiger partial charge in [-0.1, -0.05) is 78.3 Å². The van der Waals surface area contributed by atoms with Crippen molar-refractivity contribution in [3.63, 3.8) is 0 Å². The first-order valence-corrected chi connectivity index (χ1v) is 11.3. The first kappa shape index (κ1) is 23.6. The van der Waals surface area contributed by atoms with Gasteiger partial charge in [-0.15, -0.1) is 0 Å². The van der Waals surface area contributed by atoms with Crippen LogP contribution in [0.2, 0.25) is 5.02 Å². The van der Waals surface area contributed by atoms with E-state index in [9.17, 15) is 9.59 Å². The van der Waals surface area contributed by atoms with Gasteiger partial charge in [-0.2, -0.15) is 0 Å². The zero-order chi connectivity index (χ0) is 22.9. The number of amides is 2. The van der Waals surface area contributed by atoms with Gasteiger partial charge in [0.25, 0.3) is 0 Å². The average Bonchev–Trinajstić information content (AvgIpc) is 2.79. The molecule has 3 aromatic carbocycles. The SMILES string of the molecule is CCNC(=O)[C@H](Cc1ccccc1)N(Cc1ccc(Cl)cc1)C(=O)Cc1ccccc1C. The zero-order valence-corrected chi connectivity index (χ0v) is 19.3. The molecule has 0 unspecified atom stereocenters. The molecule has 32 heavy (non-hydrogen) atoms. The number of halogens is 1. The van der Waals surface area contributed by atoms with Gasteiger partial charge in [0.05, 0.1) is 6.42 Å². The van der Waals surface area contributed by atoms with Crippen LogP contribution in [-0.4, -0.2) is 29.3 Å². The van der Waals surface area contributed by atoms with Crippen molar-refractivity contribution in [2.75, 3.05) is 6.54 Å². The normalized spacial score (nSPS) is 11.6. The van der Waals surface area contributed by atoms with Crippen LogP contribution in [0.25, 0.3) is 0 Å². The van der Waals surface area contributed by atoms with Gasteiger partial charge in [-0.25, -0.2) is 0 Å². The average molecular weight is 449 g/mol. The van der Waals surface area contributed by atoms with Crippen molar-refractivity contribution in [1.29, 1.82) is 0 Å². The van der Waals surface area contributed by atoms with Gasteiger partial charge >= 0.3 is 0 Å². The molecule has 4 nitrogen and oxygen atoms in total. The maximum Gasteiger partial charge on any atom is 0.243 e. The lowest BCUT2D eigenvalue weighted by Crippen LogP contribution is -2.51. The number of aryl methyl sites for hydroxylation is 1. The highest BCUT2D eigenvalue weighted by Gasteiger charge is 2.30. The minimum absolute atomic E-state index is 0.0820. The number of hydrogen-bond donors (Lipinski definition) is 1. The molecule has 0 spiro atoms. The summed E-state index contributed by atoms with van der Waals surface area (Å²) in [6.07, 6.45) is 0.685. The summed E-state index contributed by atoms with van der Waals surface area (Å²) < 4.78 is 0. The van der Waals surface area contributed by atoms with Crippen molar-refractivity contribution in [3.8, 4) is 0 Å². The third-order valence-corrected chi connectivity index (χ3v) is 5.74. The van der Waals surface area contributed by atoms with E-state index >= 15 is 0 Å². The van der Waals surface area contributed by atoms with E-state index in [0.29, 0.717) is 24.5 Å². The molecule has 3 aromatic rings. The standard InChI is InChI=1S/C27H29ClN2O2/c1-3-29-27(32)25(17-21-10-5-4-6-11-21)30(19-22-13-15-24(28)16-14-22)26(31)18-23-12-8-7-9-20(23)2/h4-16,25H,3,17-19H2,1-2H3,(H,29,32)/t25-/m0/s1. The molecule has 0 aliphatic heterocycles. The molecule has 0 radical (unpaired) electrons. The predicted molar refractivity (Wildman–Crippen MR) is 130 cm³/mol. The van der Waals surface area contributed by atoms with E-state index in [4.69, 9.17) is 11.6 Å². The largest absolute Gasteiger partial charge is 0.355 e. The van der Waals surface area contributed by atoms with Crippen molar-refractivity contribution in [3.05, 3.63) is 106 Å². The molecule has 5 heteroatoms. The Kier molecular flexibility index (Phi) is 8.46. The summed E-state index contributed by atoms with van der Waals surface area (Å²) in [5.74, 6) is -0.232. The van der Waals surface area contributed by atoms with Gasteiger partial charge in [0.15, 0.2) is 0 Å². The summed E-state index contributed by atoms with van der Waals surface area (Å²) in [5.41, 5.74) is 3.96. The fourth-order valence-corrected chi connectivity index (χ4v) is 3.83. The van der Waals surface area contributed by atoms with Gasteiger partial charge in [-0.05, 0) is 48.2 Å². The zero-order valence-electron chi connectivity index (χ0n) is 18.6. The molecule has 0 saturated carbocycles. The van der Waals surface area contributed by atoms with Crippen molar-refractivity contribution < 1.29 is 9.59 Å². The lowest BCUT2D eigenvalue weighted by Gasteiger charge is -2.31. The fourth-order valence-electron chi connectivity index (χ4n) is 3.71. The van der Waals surface area contributed by atoms with E-state index in [2.05, 4.69) is 5.32 Å². The second-order valence-electron chi connectivity index (χ2n) is 7.85. The summed E-state index contributed by atoms with van der Waals surface area (Å²) in [4.78, 5) is 28.4. The molecule has 1 atom stereocenters. The molecule has 0 saturated heterocycles. The first-order valence-electron chi connectivity index (χ1n) is 10.9. The number of nitrogens with one attached hydrogen (secondary N) is 1. The molecular formula is C27H29ClN2O2. The lowest BCUT2D eigenvalue weighted by atomic mass is 10.0. The quantitative estimate of drug-likeness (QED) is 0.502. The maximum absolute atomic E-state index is 13.6. The van der Waals surface area contributed by atoms with Gasteiger partial charge in [-0.3, -0.25) is 9.59 Å². The maximum atomic E-state index is 13.6. The van der Waals surface area contributed by atoms with Gasteiger partial charge in [0.2, 0.25) is 11.8 Å². The van der Waals surface area contributed by atoms with Crippen LogP contribution in [0.5, 0.6) is 0 Å². The number of likely N-dealkylation sites (N-methyl/N-ethyl adjacent to an activating group) is 1. The molecule has 166 valence electrons. The minimum Gasteiger partial charge on any atom is -0.355 e. The van der Waals surface area contributed by atoms with E-state index in [-0.39, 0.29) is 18.2 Å². The second kappa shape index (κ2) is 11.5. The number of carbonyl (C=O) groups excluding carboxylic acids is 2. The molecule has 0 aliphatic carbocycles. The van der Waals surface area contributed by atoms with Crippen LogP contribution in [0, 0.1) is 6.92 Å². The Labute approximate surface area is 195 Å². The topological polar surface area (TPSA) is 49.4 Å². The minimum atomic E-state index is -0.621. The van der Waals surface area contributed by atoms with Crippen LogP contribution in [0.4, 0.5) is 0 Å². The summed E-state index contributed by atoms with van der Waals surface area (Å²) in [5, 5.41) is 3.55. The molecule has 2 amide bonds. The summed E-state index contributed by atoms with van der Waals surface area (Å²) >= 11 is 6.05. The van der Waals surface area contributed by atoms with Crippen molar-refractivity contribution in [2.45, 2.75) is 39.3 Å². The van der Waals surface area contributed by atoms with Gasteiger partial charge < -0.3 is 10.2 Å². The Morgan fingerprint density at radius 3 is 2.22 bits per heavy atom. The number of benzene rings is 3. The van der Waals surface area contributed by atoms with Crippen LogP contribution >= 0.6 is 11.6 Å². The highest BCUT2D eigenvalue weighted by atomic mass is 35.5. The third-order valence-electron chi connectivity index (χ3n) is 5.49. The van der Waals surface area contributed by atoms with Crippen LogP contribution in [-0.2, 0) is 29.0 Å². The molecule has 0 heterocycles. The predicted octanol–water partition coefficient (Wildman–Crippen LogP) is 4.97. The number of nitrogens with zero attached hydrogens (tertiary/aromatic N) is 1. The second-order valence-corrected chi connectivity index (χ2v) is 8.29. The summed E-state index contributed by atoms with van der Waals surface area (Å²) in [6.45, 7) is 4.72. The molecule has 0 aromatic heterocycles. The molecule has 1 N–H and O–H groups in total. The van der Waals surface area contributed by atoms with Crippen molar-refractivity contribution in [2.24, 2.45) is 0 Å². The summed E-state index contributed by atoms with van der Waals surface area (Å²) in [7, 11) is 0. The van der Waals surface area contributed by atoms with Crippen molar-refractivity contribution in [1.82, 2.24) is 10.2 Å². The monoisotopic (exact) mass is 448 g/mol. The Hall–Kier alpha value is -3.11. The van der Waals surface area contributed by atoms with Crippen molar-refractivity contribution >= 4 is 23.4 Å². The molecule has 0 fully saturated rings. The number of rotatable bonds is 9. The Balaban J connectivity index is 1.95. The third kappa shape index (κ3) is 6.44. The number of hydrogen-bond acceptors (Lipinski definition) is 2. The van der Waals surface area contributed by atoms with E-state index < -0.39 is 6.04 Å². The van der Waals surface area contributed by atoms with E-state index in [1.807, 2.05) is 80.6 Å². The Morgan fingerprint density at radius 2 is 1.56 bits per heavy atom. The Bertz CT molecular complexity index is 1040. The van der Waals surface area contributed by atoms with Crippen LogP contribution in [0.1, 0.15) is 29.2 Å². The van der Waals surface area contributed by atoms with Gasteiger partial charge in [0.1, 0.15) is 6.04 Å². The van der Waals surface area contributed by atoms with Crippen LogP contribution < -0.4 is 5.32 Å². The van der Waals surface area contributed by atoms with E-state index in [1.165, 1.54) is 0 Å². The molecule has 0 bridgehead atoms. The number of carbonyl (C=O) groups is 2. The van der Waals surface area contributed by atoms with E-state index in [0.717, 1.165) is 22.3 Å². The molecular weight excluding hydrogens is 420 g/mol. The van der Waals surface area contributed by atoms with E-state index in [1.54, 1.807) is 17.0 Å².